The summed E-state index contributed by atoms with van der Waals surface area (Å²) >= 11 is 0. The number of rotatable bonds is 3. The fourth-order valence-corrected chi connectivity index (χ4v) is 1.59. The van der Waals surface area contributed by atoms with E-state index in [0.29, 0.717) is 22.7 Å². The first-order valence-corrected chi connectivity index (χ1v) is 5.48. The Morgan fingerprint density at radius 2 is 1.95 bits per heavy atom. The van der Waals surface area contributed by atoms with Crippen molar-refractivity contribution in [2.24, 2.45) is 5.73 Å². The number of hydrogen-bond acceptors (Lipinski definition) is 4. The van der Waals surface area contributed by atoms with Crippen LogP contribution in [0.5, 0.6) is 11.5 Å². The van der Waals surface area contributed by atoms with Crippen LogP contribution in [0, 0.1) is 11.3 Å². The first kappa shape index (κ1) is 12.5. The van der Waals surface area contributed by atoms with E-state index in [4.69, 9.17) is 21.5 Å². The zero-order valence-corrected chi connectivity index (χ0v) is 9.96. The first-order chi connectivity index (χ1) is 9.11. The molecule has 5 nitrogen and oxygen atoms in total. The average Bonchev–Trinajstić information content (AvgIpc) is 2.39. The zero-order chi connectivity index (χ0) is 13.8. The molecule has 0 heterocycles. The lowest BCUT2D eigenvalue weighted by molar-refractivity contribution is 0.0998. The smallest absolute Gasteiger partial charge is 0.252 e. The van der Waals surface area contributed by atoms with Crippen LogP contribution in [0.4, 0.5) is 5.69 Å². The molecule has 2 aromatic carbocycles. The van der Waals surface area contributed by atoms with Gasteiger partial charge in [-0.3, -0.25) is 4.79 Å². The van der Waals surface area contributed by atoms with Crippen LogP contribution in [0.15, 0.2) is 42.5 Å². The molecule has 0 saturated carbocycles. The van der Waals surface area contributed by atoms with Gasteiger partial charge >= 0.3 is 0 Å². The lowest BCUT2D eigenvalue weighted by Crippen LogP contribution is -2.12. The molecule has 0 radical (unpaired) electrons. The second-order valence-corrected chi connectivity index (χ2v) is 3.82. The average molecular weight is 253 g/mol. The van der Waals surface area contributed by atoms with Crippen molar-refractivity contribution in [3.8, 4) is 17.6 Å². The van der Waals surface area contributed by atoms with Crippen LogP contribution in [0.2, 0.25) is 0 Å². The number of nitrogen functional groups attached to an aromatic ring is 1. The lowest BCUT2D eigenvalue weighted by atomic mass is 10.2. The van der Waals surface area contributed by atoms with Crippen molar-refractivity contribution in [1.82, 2.24) is 0 Å². The summed E-state index contributed by atoms with van der Waals surface area (Å²) in [5, 5.41) is 8.78. The highest BCUT2D eigenvalue weighted by Crippen LogP contribution is 2.27. The minimum atomic E-state index is -0.572. The lowest BCUT2D eigenvalue weighted by Gasteiger charge is -2.09. The maximum Gasteiger partial charge on any atom is 0.252 e. The van der Waals surface area contributed by atoms with Crippen LogP contribution in [-0.4, -0.2) is 5.91 Å². The SMILES string of the molecule is N#Cc1ccc(Oc2ccccc2C(N)=O)cc1N. The molecular formula is C14H11N3O2. The number of amides is 1. The number of ether oxygens (including phenoxy) is 1. The molecule has 0 saturated heterocycles. The molecule has 0 aliphatic rings. The van der Waals surface area contributed by atoms with Crippen LogP contribution in [0.1, 0.15) is 15.9 Å². The Labute approximate surface area is 110 Å². The Morgan fingerprint density at radius 3 is 2.58 bits per heavy atom. The van der Waals surface area contributed by atoms with Crippen LogP contribution in [-0.2, 0) is 0 Å². The van der Waals surface area contributed by atoms with E-state index in [-0.39, 0.29) is 5.56 Å². The van der Waals surface area contributed by atoms with Crippen molar-refractivity contribution in [3.63, 3.8) is 0 Å². The molecule has 0 spiro atoms. The quantitative estimate of drug-likeness (QED) is 0.817. The molecule has 0 aliphatic carbocycles. The highest BCUT2D eigenvalue weighted by Gasteiger charge is 2.09. The monoisotopic (exact) mass is 253 g/mol. The molecule has 94 valence electrons. The maximum atomic E-state index is 11.3. The van der Waals surface area contributed by atoms with Crippen LogP contribution >= 0.6 is 0 Å². The maximum absolute atomic E-state index is 11.3. The number of nitrogens with zero attached hydrogens (tertiary/aromatic N) is 1. The van der Waals surface area contributed by atoms with Gasteiger partial charge in [-0.05, 0) is 24.3 Å². The van der Waals surface area contributed by atoms with E-state index in [1.165, 1.54) is 6.07 Å². The van der Waals surface area contributed by atoms with E-state index < -0.39 is 5.91 Å². The third-order valence-corrected chi connectivity index (χ3v) is 2.52. The van der Waals surface area contributed by atoms with E-state index in [9.17, 15) is 4.79 Å². The Bertz CT molecular complexity index is 675. The highest BCUT2D eigenvalue weighted by atomic mass is 16.5. The van der Waals surface area contributed by atoms with Crippen molar-refractivity contribution in [1.29, 1.82) is 5.26 Å². The van der Waals surface area contributed by atoms with Gasteiger partial charge in [0.05, 0.1) is 16.8 Å². The summed E-state index contributed by atoms with van der Waals surface area (Å²) in [4.78, 5) is 11.3. The predicted molar refractivity (Wildman–Crippen MR) is 70.6 cm³/mol. The van der Waals surface area contributed by atoms with Gasteiger partial charge in [0.2, 0.25) is 0 Å². The van der Waals surface area contributed by atoms with Gasteiger partial charge in [-0.25, -0.2) is 0 Å². The summed E-state index contributed by atoms with van der Waals surface area (Å²) in [6.07, 6.45) is 0. The summed E-state index contributed by atoms with van der Waals surface area (Å²) < 4.78 is 5.56. The number of hydrogen-bond donors (Lipinski definition) is 2. The highest BCUT2D eigenvalue weighted by molar-refractivity contribution is 5.95. The molecule has 0 aliphatic heterocycles. The number of nitrogens with two attached hydrogens (primary N) is 2. The van der Waals surface area contributed by atoms with Crippen LogP contribution in [0.25, 0.3) is 0 Å². The first-order valence-electron chi connectivity index (χ1n) is 5.48. The number of benzene rings is 2. The Hall–Kier alpha value is -3.00. The minimum absolute atomic E-state index is 0.283. The summed E-state index contributed by atoms with van der Waals surface area (Å²) in [5.74, 6) is 0.210. The molecule has 0 bridgehead atoms. The topological polar surface area (TPSA) is 102 Å². The van der Waals surface area contributed by atoms with Gasteiger partial charge < -0.3 is 16.2 Å². The van der Waals surface area contributed by atoms with E-state index >= 15 is 0 Å². The molecule has 0 unspecified atom stereocenters. The van der Waals surface area contributed by atoms with E-state index in [0.717, 1.165) is 0 Å². The van der Waals surface area contributed by atoms with Gasteiger partial charge in [0.1, 0.15) is 17.6 Å². The standard InChI is InChI=1S/C14H11N3O2/c15-8-9-5-6-10(7-12(9)16)19-13-4-2-1-3-11(13)14(17)18/h1-7H,16H2,(H2,17,18). The molecular weight excluding hydrogens is 242 g/mol. The van der Waals surface area contributed by atoms with Gasteiger partial charge in [0.15, 0.2) is 0 Å². The Morgan fingerprint density at radius 1 is 1.21 bits per heavy atom. The Kier molecular flexibility index (Phi) is 3.35. The van der Waals surface area contributed by atoms with Gasteiger partial charge in [0.25, 0.3) is 5.91 Å². The number of anilines is 1. The third-order valence-electron chi connectivity index (χ3n) is 2.52. The zero-order valence-electron chi connectivity index (χ0n) is 9.96. The summed E-state index contributed by atoms with van der Waals surface area (Å²) in [6, 6.07) is 13.3. The van der Waals surface area contributed by atoms with Crippen molar-refractivity contribution in [2.45, 2.75) is 0 Å². The number of carbonyl (C=O) groups is 1. The number of primary amides is 1. The number of nitriles is 1. The second kappa shape index (κ2) is 5.10. The summed E-state index contributed by atoms with van der Waals surface area (Å²) in [6.45, 7) is 0. The largest absolute Gasteiger partial charge is 0.456 e. The van der Waals surface area contributed by atoms with Crippen molar-refractivity contribution in [3.05, 3.63) is 53.6 Å². The summed E-state index contributed by atoms with van der Waals surface area (Å²) in [7, 11) is 0. The molecule has 0 fully saturated rings. The fourth-order valence-electron chi connectivity index (χ4n) is 1.59. The van der Waals surface area contributed by atoms with Crippen molar-refractivity contribution < 1.29 is 9.53 Å². The fraction of sp³-hybridized carbons (Fsp3) is 0. The molecule has 5 heteroatoms. The van der Waals surface area contributed by atoms with E-state index in [1.807, 2.05) is 6.07 Å². The summed E-state index contributed by atoms with van der Waals surface area (Å²) in [5.41, 5.74) is 11.9. The minimum Gasteiger partial charge on any atom is -0.456 e. The molecule has 19 heavy (non-hydrogen) atoms. The van der Waals surface area contributed by atoms with Crippen LogP contribution in [0.3, 0.4) is 0 Å². The molecule has 4 N–H and O–H groups in total. The van der Waals surface area contributed by atoms with Gasteiger partial charge in [-0.1, -0.05) is 12.1 Å². The number of para-hydroxylation sites is 1. The molecule has 2 aromatic rings. The second-order valence-electron chi connectivity index (χ2n) is 3.82. The molecule has 0 aromatic heterocycles. The van der Waals surface area contributed by atoms with Gasteiger partial charge in [0, 0.05) is 6.07 Å². The van der Waals surface area contributed by atoms with Crippen molar-refractivity contribution in [2.75, 3.05) is 5.73 Å². The third kappa shape index (κ3) is 2.64. The molecule has 2 rings (SSSR count). The number of carbonyl (C=O) groups excluding carboxylic acids is 1. The van der Waals surface area contributed by atoms with Gasteiger partial charge in [-0.2, -0.15) is 5.26 Å². The van der Waals surface area contributed by atoms with E-state index in [2.05, 4.69) is 0 Å². The molecule has 1 amide bonds. The van der Waals surface area contributed by atoms with E-state index in [1.54, 1.807) is 36.4 Å². The van der Waals surface area contributed by atoms with Crippen LogP contribution < -0.4 is 16.2 Å². The normalized spacial score (nSPS) is 9.63. The predicted octanol–water partition coefficient (Wildman–Crippen LogP) is 2.03. The Balaban J connectivity index is 2.34. The van der Waals surface area contributed by atoms with Gasteiger partial charge in [-0.15, -0.1) is 0 Å². The van der Waals surface area contributed by atoms with Crippen molar-refractivity contribution >= 4 is 11.6 Å². The molecule has 0 atom stereocenters.